The van der Waals surface area contributed by atoms with Gasteiger partial charge in [0.2, 0.25) is 0 Å². The lowest BCUT2D eigenvalue weighted by Gasteiger charge is -2.41. The number of hydrogen-bond acceptors (Lipinski definition) is 6. The molecule has 0 spiro atoms. The van der Waals surface area contributed by atoms with Crippen molar-refractivity contribution in [3.63, 3.8) is 0 Å². The first-order valence-corrected chi connectivity index (χ1v) is 12.4. The highest BCUT2D eigenvalue weighted by molar-refractivity contribution is 7.86. The quantitative estimate of drug-likeness (QED) is 0.731. The Labute approximate surface area is 170 Å². The van der Waals surface area contributed by atoms with Gasteiger partial charge in [0.25, 0.3) is 16.1 Å². The summed E-state index contributed by atoms with van der Waals surface area (Å²) in [5.74, 6) is -0.151. The van der Waals surface area contributed by atoms with Gasteiger partial charge in [-0.1, -0.05) is 6.92 Å². The first kappa shape index (κ1) is 20.2. The zero-order valence-electron chi connectivity index (χ0n) is 16.2. The van der Waals surface area contributed by atoms with Gasteiger partial charge in [-0.15, -0.1) is 0 Å². The van der Waals surface area contributed by atoms with Crippen LogP contribution in [-0.2, 0) is 16.6 Å². The van der Waals surface area contributed by atoms with Gasteiger partial charge in [-0.25, -0.2) is 0 Å². The van der Waals surface area contributed by atoms with Gasteiger partial charge in [-0.3, -0.25) is 4.79 Å². The van der Waals surface area contributed by atoms with Crippen LogP contribution in [0.1, 0.15) is 60.8 Å². The molecule has 4 heterocycles. The SMILES string of the molecule is CCc1cc(C(=O)N[C@H]2C[C@H]3CC[C@@H](C2)N3S(=O)(=O)N2CCC(N)CC2)ns1. The van der Waals surface area contributed by atoms with E-state index >= 15 is 0 Å². The molecule has 0 saturated carbocycles. The number of aromatic nitrogens is 1. The van der Waals surface area contributed by atoms with E-state index in [9.17, 15) is 13.2 Å². The number of rotatable bonds is 5. The normalized spacial score (nSPS) is 29.9. The molecular weight excluding hydrogens is 398 g/mol. The smallest absolute Gasteiger partial charge is 0.282 e. The second-order valence-corrected chi connectivity index (χ2v) is 10.9. The molecule has 1 aromatic rings. The Kier molecular flexibility index (Phi) is 5.76. The van der Waals surface area contributed by atoms with Gasteiger partial charge in [0.05, 0.1) is 0 Å². The van der Waals surface area contributed by atoms with Gasteiger partial charge < -0.3 is 11.1 Å². The van der Waals surface area contributed by atoms with E-state index < -0.39 is 10.2 Å². The number of hydrogen-bond donors (Lipinski definition) is 2. The van der Waals surface area contributed by atoms with Crippen molar-refractivity contribution in [2.24, 2.45) is 5.73 Å². The molecule has 3 aliphatic rings. The second kappa shape index (κ2) is 7.98. The number of fused-ring (bicyclic) bond motifs is 2. The fourth-order valence-electron chi connectivity index (χ4n) is 4.71. The molecule has 28 heavy (non-hydrogen) atoms. The number of carbonyl (C=O) groups excluding carboxylic acids is 1. The summed E-state index contributed by atoms with van der Waals surface area (Å²) in [6, 6.07) is 1.87. The third-order valence-corrected chi connectivity index (χ3v) is 9.31. The van der Waals surface area contributed by atoms with Crippen LogP contribution in [0.2, 0.25) is 0 Å². The van der Waals surface area contributed by atoms with Crippen LogP contribution in [0, 0.1) is 0 Å². The monoisotopic (exact) mass is 427 g/mol. The Balaban J connectivity index is 1.41. The second-order valence-electron chi connectivity index (χ2n) is 8.13. The topological polar surface area (TPSA) is 109 Å². The zero-order valence-corrected chi connectivity index (χ0v) is 17.8. The maximum Gasteiger partial charge on any atom is 0.282 e. The van der Waals surface area contributed by atoms with Crippen molar-refractivity contribution in [1.82, 2.24) is 18.3 Å². The van der Waals surface area contributed by atoms with Gasteiger partial charge in [0.15, 0.2) is 0 Å². The number of carbonyl (C=O) groups is 1. The number of nitrogens with one attached hydrogen (secondary N) is 1. The minimum atomic E-state index is -3.46. The van der Waals surface area contributed by atoms with Crippen molar-refractivity contribution >= 4 is 27.6 Å². The molecule has 10 heteroatoms. The minimum Gasteiger partial charge on any atom is -0.348 e. The molecule has 0 aliphatic carbocycles. The van der Waals surface area contributed by atoms with E-state index in [0.717, 1.165) is 24.1 Å². The van der Waals surface area contributed by atoms with E-state index in [0.29, 0.717) is 44.5 Å². The number of nitrogens with two attached hydrogens (primary N) is 1. The molecule has 156 valence electrons. The summed E-state index contributed by atoms with van der Waals surface area (Å²) in [7, 11) is -3.46. The van der Waals surface area contributed by atoms with Gasteiger partial charge in [-0.2, -0.15) is 21.4 Å². The van der Waals surface area contributed by atoms with Crippen LogP contribution in [0.15, 0.2) is 6.07 Å². The van der Waals surface area contributed by atoms with Crippen LogP contribution in [-0.4, -0.2) is 64.6 Å². The van der Waals surface area contributed by atoms with Crippen molar-refractivity contribution in [2.75, 3.05) is 13.1 Å². The predicted molar refractivity (Wildman–Crippen MR) is 108 cm³/mol. The Morgan fingerprint density at radius 3 is 2.46 bits per heavy atom. The summed E-state index contributed by atoms with van der Waals surface area (Å²) in [6.45, 7) is 3.05. The fourth-order valence-corrected chi connectivity index (χ4v) is 7.43. The minimum absolute atomic E-state index is 0.00185. The standard InChI is InChI=1S/C18H29N5O3S2/c1-2-16-11-17(21-27-16)18(24)20-13-9-14-3-4-15(10-13)23(14)28(25,26)22-7-5-12(19)6-8-22/h11-15H,2-10,19H2,1H3,(H,20,24)/t13-,14+,15-. The van der Waals surface area contributed by atoms with E-state index in [1.54, 1.807) is 8.61 Å². The number of amides is 1. The molecule has 0 radical (unpaired) electrons. The summed E-state index contributed by atoms with van der Waals surface area (Å²) >= 11 is 1.36. The number of nitrogens with zero attached hydrogens (tertiary/aromatic N) is 3. The first-order chi connectivity index (χ1) is 13.4. The van der Waals surface area contributed by atoms with Crippen LogP contribution >= 0.6 is 11.5 Å². The predicted octanol–water partition coefficient (Wildman–Crippen LogP) is 1.10. The summed E-state index contributed by atoms with van der Waals surface area (Å²) in [6.07, 6.45) is 5.36. The van der Waals surface area contributed by atoms with E-state index in [4.69, 9.17) is 5.73 Å². The van der Waals surface area contributed by atoms with Crippen molar-refractivity contribution in [3.8, 4) is 0 Å². The van der Waals surface area contributed by atoms with Gasteiger partial charge in [0.1, 0.15) is 5.69 Å². The zero-order chi connectivity index (χ0) is 19.9. The van der Waals surface area contributed by atoms with Crippen molar-refractivity contribution < 1.29 is 13.2 Å². The molecule has 0 unspecified atom stereocenters. The summed E-state index contributed by atoms with van der Waals surface area (Å²) in [5, 5.41) is 3.08. The van der Waals surface area contributed by atoms with Crippen LogP contribution in [0.5, 0.6) is 0 Å². The average molecular weight is 428 g/mol. The highest BCUT2D eigenvalue weighted by Crippen LogP contribution is 2.39. The lowest BCUT2D eigenvalue weighted by atomic mass is 9.99. The fraction of sp³-hybridized carbons (Fsp3) is 0.778. The Hall–Kier alpha value is -1.07. The summed E-state index contributed by atoms with van der Waals surface area (Å²) < 4.78 is 34.0. The lowest BCUT2D eigenvalue weighted by molar-refractivity contribution is 0.0903. The highest BCUT2D eigenvalue weighted by atomic mass is 32.2. The van der Waals surface area contributed by atoms with Gasteiger partial charge >= 0.3 is 0 Å². The van der Waals surface area contributed by atoms with Crippen molar-refractivity contribution in [2.45, 2.75) is 76.0 Å². The third-order valence-electron chi connectivity index (χ3n) is 6.23. The molecule has 8 nitrogen and oxygen atoms in total. The Morgan fingerprint density at radius 1 is 1.25 bits per heavy atom. The first-order valence-electron chi connectivity index (χ1n) is 10.2. The van der Waals surface area contributed by atoms with E-state index in [1.807, 2.05) is 13.0 Å². The van der Waals surface area contributed by atoms with Crippen LogP contribution in [0.4, 0.5) is 0 Å². The van der Waals surface area contributed by atoms with E-state index in [1.165, 1.54) is 11.5 Å². The molecule has 3 N–H and O–H groups in total. The van der Waals surface area contributed by atoms with Crippen molar-refractivity contribution in [3.05, 3.63) is 16.6 Å². The molecular formula is C18H29N5O3S2. The molecule has 2 bridgehead atoms. The van der Waals surface area contributed by atoms with E-state index in [2.05, 4.69) is 9.69 Å². The van der Waals surface area contributed by atoms with Crippen LogP contribution in [0.25, 0.3) is 0 Å². The third kappa shape index (κ3) is 3.85. The van der Waals surface area contributed by atoms with Gasteiger partial charge in [0, 0.05) is 42.1 Å². The summed E-state index contributed by atoms with van der Waals surface area (Å²) in [5.41, 5.74) is 6.40. The highest BCUT2D eigenvalue weighted by Gasteiger charge is 2.49. The largest absolute Gasteiger partial charge is 0.348 e. The molecule has 3 fully saturated rings. The molecule has 1 aromatic heterocycles. The number of aryl methyl sites for hydroxylation is 1. The van der Waals surface area contributed by atoms with Gasteiger partial charge in [-0.05, 0) is 62.5 Å². The molecule has 3 atom stereocenters. The molecule has 3 saturated heterocycles. The lowest BCUT2D eigenvalue weighted by Crippen LogP contribution is -2.57. The maximum absolute atomic E-state index is 13.2. The molecule has 1 amide bonds. The molecule has 3 aliphatic heterocycles. The maximum atomic E-state index is 13.2. The molecule has 0 aromatic carbocycles. The Bertz CT molecular complexity index is 805. The van der Waals surface area contributed by atoms with Crippen LogP contribution in [0.3, 0.4) is 0 Å². The molecule has 4 rings (SSSR count). The van der Waals surface area contributed by atoms with Crippen LogP contribution < -0.4 is 11.1 Å². The Morgan fingerprint density at radius 2 is 1.89 bits per heavy atom. The van der Waals surface area contributed by atoms with Crippen molar-refractivity contribution in [1.29, 1.82) is 0 Å². The van der Waals surface area contributed by atoms with E-state index in [-0.39, 0.29) is 30.1 Å². The summed E-state index contributed by atoms with van der Waals surface area (Å²) in [4.78, 5) is 13.6. The number of piperidine rings is 2. The average Bonchev–Trinajstić information content (AvgIpc) is 3.25.